The monoisotopic (exact) mass is 504 g/mol. The fourth-order valence-electron chi connectivity index (χ4n) is 4.26. The van der Waals surface area contributed by atoms with E-state index < -0.39 is 18.2 Å². The maximum atomic E-state index is 14.3. The van der Waals surface area contributed by atoms with Crippen molar-refractivity contribution in [2.45, 2.75) is 31.3 Å². The van der Waals surface area contributed by atoms with Gasteiger partial charge in [-0.3, -0.25) is 10.4 Å². The van der Waals surface area contributed by atoms with Crippen molar-refractivity contribution in [3.8, 4) is 0 Å². The van der Waals surface area contributed by atoms with Crippen LogP contribution in [0.1, 0.15) is 34.4 Å². The van der Waals surface area contributed by atoms with Crippen molar-refractivity contribution < 1.29 is 18.0 Å². The fraction of sp³-hybridized carbons (Fsp3) is 0.208. The number of hydrogen-bond donors (Lipinski definition) is 1. The first kappa shape index (κ1) is 22.7. The molecule has 2 aliphatic heterocycles. The third-order valence-electron chi connectivity index (χ3n) is 5.96. The Bertz CT molecular complexity index is 1290. The molecule has 1 N–H and O–H groups in total. The molecule has 1 atom stereocenters. The molecule has 0 saturated carbocycles. The summed E-state index contributed by atoms with van der Waals surface area (Å²) in [5.41, 5.74) is 0.147. The van der Waals surface area contributed by atoms with E-state index >= 15 is 0 Å². The molecule has 0 amide bonds. The van der Waals surface area contributed by atoms with Gasteiger partial charge in [-0.2, -0.15) is 13.2 Å². The van der Waals surface area contributed by atoms with E-state index in [2.05, 4.69) is 10.1 Å². The number of rotatable bonds is 4. The first-order valence-corrected chi connectivity index (χ1v) is 11.1. The maximum Gasteiger partial charge on any atom is 0.435 e. The van der Waals surface area contributed by atoms with E-state index in [-0.39, 0.29) is 21.3 Å². The van der Waals surface area contributed by atoms with Crippen LogP contribution < -0.4 is 0 Å². The third-order valence-corrected chi connectivity index (χ3v) is 6.40. The number of oxime groups is 1. The average Bonchev–Trinajstić information content (AvgIpc) is 3.37. The molecule has 0 bridgehead atoms. The molecule has 2 aliphatic rings. The molecule has 3 aromatic rings. The Morgan fingerprint density at radius 3 is 2.50 bits per heavy atom. The summed E-state index contributed by atoms with van der Waals surface area (Å²) in [6, 6.07) is 14.5. The summed E-state index contributed by atoms with van der Waals surface area (Å²) in [4.78, 5) is 11.3. The Kier molecular flexibility index (Phi) is 5.53. The second kappa shape index (κ2) is 8.29. The minimum absolute atomic E-state index is 0.0761. The summed E-state index contributed by atoms with van der Waals surface area (Å²) in [6.45, 7) is 0.904. The Labute approximate surface area is 203 Å². The van der Waals surface area contributed by atoms with Gasteiger partial charge in [-0.15, -0.1) is 0 Å². The van der Waals surface area contributed by atoms with Crippen molar-refractivity contribution in [3.63, 3.8) is 0 Å². The lowest BCUT2D eigenvalue weighted by Crippen LogP contribution is -2.42. The average molecular weight is 505 g/mol. The molecule has 5 rings (SSSR count). The predicted octanol–water partition coefficient (Wildman–Crippen LogP) is 6.31. The second-order valence-electron chi connectivity index (χ2n) is 8.19. The summed E-state index contributed by atoms with van der Waals surface area (Å²) in [5.74, 6) is 0.343. The van der Waals surface area contributed by atoms with Gasteiger partial charge >= 0.3 is 6.18 Å². The quantitative estimate of drug-likeness (QED) is 0.452. The molecule has 0 saturated heterocycles. The zero-order valence-corrected chi connectivity index (χ0v) is 19.0. The van der Waals surface area contributed by atoms with Crippen molar-refractivity contribution in [1.82, 2.24) is 9.88 Å². The number of halogens is 5. The van der Waals surface area contributed by atoms with Gasteiger partial charge in [-0.05, 0) is 47.5 Å². The molecular weight excluding hydrogens is 488 g/mol. The Balaban J connectivity index is 1.42. The molecule has 0 aliphatic carbocycles. The standard InChI is InChI=1S/C24H17Cl2F3N4O/c25-17-8-16(9-18(26)10-17)23(24(27,28)29)11-21(32-34-23)14-4-5-20-15(7-14)12-33(22(20)30)13-19-3-1-2-6-31-19/h1-10,30H,11-13H2. The van der Waals surface area contributed by atoms with Gasteiger partial charge in [0.25, 0.3) is 5.60 Å². The molecule has 34 heavy (non-hydrogen) atoms. The van der Waals surface area contributed by atoms with Crippen LogP contribution in [-0.4, -0.2) is 27.6 Å². The predicted molar refractivity (Wildman–Crippen MR) is 123 cm³/mol. The van der Waals surface area contributed by atoms with Gasteiger partial charge in [0.2, 0.25) is 0 Å². The summed E-state index contributed by atoms with van der Waals surface area (Å²) in [7, 11) is 0. The Morgan fingerprint density at radius 2 is 1.82 bits per heavy atom. The van der Waals surface area contributed by atoms with E-state index in [9.17, 15) is 13.2 Å². The summed E-state index contributed by atoms with van der Waals surface area (Å²) in [6.07, 6.45) is -3.59. The van der Waals surface area contributed by atoms with Crippen LogP contribution in [0.15, 0.2) is 65.9 Å². The maximum absolute atomic E-state index is 14.3. The van der Waals surface area contributed by atoms with Crippen molar-refractivity contribution in [2.75, 3.05) is 0 Å². The highest BCUT2D eigenvalue weighted by Gasteiger charge is 2.62. The number of pyridine rings is 1. The van der Waals surface area contributed by atoms with Crippen molar-refractivity contribution >= 4 is 34.7 Å². The molecule has 2 aromatic carbocycles. The van der Waals surface area contributed by atoms with Gasteiger partial charge in [0, 0.05) is 40.3 Å². The summed E-state index contributed by atoms with van der Waals surface area (Å²) >= 11 is 11.9. The number of fused-ring (bicyclic) bond motifs is 1. The molecule has 0 radical (unpaired) electrons. The van der Waals surface area contributed by atoms with Crippen LogP contribution in [0.5, 0.6) is 0 Å². The minimum Gasteiger partial charge on any atom is -0.374 e. The van der Waals surface area contributed by atoms with Crippen molar-refractivity contribution in [2.24, 2.45) is 5.16 Å². The largest absolute Gasteiger partial charge is 0.435 e. The highest BCUT2D eigenvalue weighted by atomic mass is 35.5. The molecular formula is C24H17Cl2F3N4O. The number of amidine groups is 1. The van der Waals surface area contributed by atoms with E-state index in [4.69, 9.17) is 33.4 Å². The fourth-order valence-corrected chi connectivity index (χ4v) is 4.78. The van der Waals surface area contributed by atoms with E-state index in [0.29, 0.717) is 24.5 Å². The minimum atomic E-state index is -4.76. The molecule has 0 fully saturated rings. The van der Waals surface area contributed by atoms with Gasteiger partial charge in [0.15, 0.2) is 0 Å². The van der Waals surface area contributed by atoms with Crippen molar-refractivity contribution in [3.05, 3.63) is 98.8 Å². The molecule has 5 nitrogen and oxygen atoms in total. The number of benzene rings is 2. The van der Waals surface area contributed by atoms with Crippen LogP contribution in [0.2, 0.25) is 10.0 Å². The first-order chi connectivity index (χ1) is 16.2. The van der Waals surface area contributed by atoms with E-state index in [1.807, 2.05) is 23.1 Å². The van der Waals surface area contributed by atoms with Crippen molar-refractivity contribution in [1.29, 1.82) is 5.41 Å². The van der Waals surface area contributed by atoms with Gasteiger partial charge in [-0.25, -0.2) is 0 Å². The molecule has 1 aromatic heterocycles. The van der Waals surface area contributed by atoms with Crippen LogP contribution in [0.4, 0.5) is 13.2 Å². The molecule has 1 unspecified atom stereocenters. The lowest BCUT2D eigenvalue weighted by Gasteiger charge is -2.29. The number of nitrogens with one attached hydrogen (secondary N) is 1. The van der Waals surface area contributed by atoms with Gasteiger partial charge in [0.05, 0.1) is 18.0 Å². The zero-order chi connectivity index (χ0) is 24.1. The molecule has 174 valence electrons. The van der Waals surface area contributed by atoms with Gasteiger partial charge < -0.3 is 9.74 Å². The number of alkyl halides is 3. The van der Waals surface area contributed by atoms with E-state index in [1.165, 1.54) is 18.2 Å². The lowest BCUT2D eigenvalue weighted by molar-refractivity contribution is -0.275. The summed E-state index contributed by atoms with van der Waals surface area (Å²) < 4.78 is 42.8. The first-order valence-electron chi connectivity index (χ1n) is 10.3. The Hall–Kier alpha value is -3.10. The number of nitrogens with zero attached hydrogens (tertiary/aromatic N) is 3. The number of hydrogen-bond acceptors (Lipinski definition) is 4. The Morgan fingerprint density at radius 1 is 1.06 bits per heavy atom. The van der Waals surface area contributed by atoms with Crippen LogP contribution in [-0.2, 0) is 23.5 Å². The van der Waals surface area contributed by atoms with Gasteiger partial charge in [0.1, 0.15) is 5.84 Å². The highest BCUT2D eigenvalue weighted by molar-refractivity contribution is 6.34. The second-order valence-corrected chi connectivity index (χ2v) is 9.06. The molecule has 10 heteroatoms. The van der Waals surface area contributed by atoms with Crippen LogP contribution >= 0.6 is 23.2 Å². The topological polar surface area (TPSA) is 61.6 Å². The van der Waals surface area contributed by atoms with Crippen LogP contribution in [0.25, 0.3) is 0 Å². The normalized spacial score (nSPS) is 19.7. The van der Waals surface area contributed by atoms with Gasteiger partial charge in [-0.1, -0.05) is 46.6 Å². The smallest absolute Gasteiger partial charge is 0.374 e. The van der Waals surface area contributed by atoms with Crippen LogP contribution in [0.3, 0.4) is 0 Å². The summed E-state index contributed by atoms with van der Waals surface area (Å²) in [5, 5.41) is 12.5. The number of aromatic nitrogens is 1. The zero-order valence-electron chi connectivity index (χ0n) is 17.5. The van der Waals surface area contributed by atoms with E-state index in [1.54, 1.807) is 24.4 Å². The highest BCUT2D eigenvalue weighted by Crippen LogP contribution is 2.49. The van der Waals surface area contributed by atoms with E-state index in [0.717, 1.165) is 16.8 Å². The molecule has 0 spiro atoms. The third kappa shape index (κ3) is 3.91. The van der Waals surface area contributed by atoms with Crippen LogP contribution in [0, 0.1) is 5.41 Å². The SMILES string of the molecule is N=C1c2ccc(C3=NOC(c4cc(Cl)cc(Cl)c4)(C(F)(F)F)C3)cc2CN1Cc1ccccn1. The molecule has 3 heterocycles. The lowest BCUT2D eigenvalue weighted by atomic mass is 9.86.